The van der Waals surface area contributed by atoms with Gasteiger partial charge >= 0.3 is 0 Å². The Labute approximate surface area is 134 Å². The molecule has 0 bridgehead atoms. The van der Waals surface area contributed by atoms with Gasteiger partial charge in [0.1, 0.15) is 10.5 Å². The maximum atomic E-state index is 6.10. The van der Waals surface area contributed by atoms with Crippen molar-refractivity contribution < 1.29 is 0 Å². The van der Waals surface area contributed by atoms with Gasteiger partial charge in [-0.15, -0.1) is 0 Å². The van der Waals surface area contributed by atoms with E-state index >= 15 is 0 Å². The largest absolute Gasteiger partial charge is 0.342 e. The highest BCUT2D eigenvalue weighted by atomic mass is 35.5. The van der Waals surface area contributed by atoms with Gasteiger partial charge in [-0.05, 0) is 24.6 Å². The highest BCUT2D eigenvalue weighted by molar-refractivity contribution is 7.71. The molecule has 0 amide bonds. The number of hydrogen-bond donors (Lipinski definition) is 1. The van der Waals surface area contributed by atoms with E-state index < -0.39 is 0 Å². The first-order valence-electron chi connectivity index (χ1n) is 6.27. The van der Waals surface area contributed by atoms with Crippen LogP contribution in [0, 0.1) is 11.6 Å². The summed E-state index contributed by atoms with van der Waals surface area (Å²) in [5.74, 6) is 0.856. The minimum atomic E-state index is -0.105. The van der Waals surface area contributed by atoms with Crippen molar-refractivity contribution in [2.45, 2.75) is 33.1 Å². The number of rotatable bonds is 1. The number of nitrogens with zero attached hydrogens (tertiary/aromatic N) is 1. The molecule has 2 rings (SSSR count). The zero-order valence-corrected chi connectivity index (χ0v) is 14.2. The van der Waals surface area contributed by atoms with Crippen LogP contribution in [-0.2, 0) is 5.41 Å². The van der Waals surface area contributed by atoms with Crippen molar-refractivity contribution >= 4 is 35.4 Å². The smallest absolute Gasteiger partial charge is 0.133 e. The van der Waals surface area contributed by atoms with E-state index in [1.54, 1.807) is 6.07 Å². The predicted octanol–water partition coefficient (Wildman–Crippen LogP) is 5.72. The SMILES string of the molecule is Cc1c(-c2ccc(Cl)c(Cl)c2)[nH]c(C(C)(C)C)nc1=S. The third-order valence-electron chi connectivity index (χ3n) is 3.07. The number of halogens is 2. The van der Waals surface area contributed by atoms with E-state index in [0.717, 1.165) is 22.6 Å². The first-order chi connectivity index (χ1) is 9.20. The van der Waals surface area contributed by atoms with Gasteiger partial charge in [-0.3, -0.25) is 0 Å². The summed E-state index contributed by atoms with van der Waals surface area (Å²) in [5, 5.41) is 1.06. The molecule has 1 aromatic heterocycles. The van der Waals surface area contributed by atoms with Crippen molar-refractivity contribution in [3.8, 4) is 11.3 Å². The molecule has 0 fully saturated rings. The van der Waals surface area contributed by atoms with E-state index in [4.69, 9.17) is 35.4 Å². The van der Waals surface area contributed by atoms with Gasteiger partial charge in [0, 0.05) is 11.0 Å². The van der Waals surface area contributed by atoms with Crippen molar-refractivity contribution in [2.24, 2.45) is 0 Å². The van der Waals surface area contributed by atoms with E-state index in [1.165, 1.54) is 0 Å². The van der Waals surface area contributed by atoms with Crippen molar-refractivity contribution in [3.63, 3.8) is 0 Å². The Kier molecular flexibility index (Phi) is 4.24. The molecule has 1 N–H and O–H groups in total. The number of benzene rings is 1. The molecule has 1 heterocycles. The van der Waals surface area contributed by atoms with E-state index in [9.17, 15) is 0 Å². The molecule has 1 aromatic carbocycles. The van der Waals surface area contributed by atoms with Gasteiger partial charge < -0.3 is 4.98 Å². The highest BCUT2D eigenvalue weighted by Gasteiger charge is 2.19. The summed E-state index contributed by atoms with van der Waals surface area (Å²) in [7, 11) is 0. The van der Waals surface area contributed by atoms with Crippen LogP contribution in [0.3, 0.4) is 0 Å². The molecule has 0 saturated heterocycles. The molecule has 0 atom stereocenters. The Bertz CT molecular complexity index is 715. The molecule has 0 aliphatic rings. The zero-order valence-electron chi connectivity index (χ0n) is 11.8. The zero-order chi connectivity index (χ0) is 15.1. The molecule has 0 saturated carbocycles. The maximum absolute atomic E-state index is 6.10. The summed E-state index contributed by atoms with van der Waals surface area (Å²) < 4.78 is 0.606. The van der Waals surface area contributed by atoms with Gasteiger partial charge in [-0.2, -0.15) is 0 Å². The van der Waals surface area contributed by atoms with Gasteiger partial charge in [-0.1, -0.05) is 62.3 Å². The lowest BCUT2D eigenvalue weighted by Crippen LogP contribution is -2.17. The molecule has 2 aromatic rings. The number of nitrogens with one attached hydrogen (secondary N) is 1. The summed E-state index contributed by atoms with van der Waals surface area (Å²) in [6.45, 7) is 8.23. The Balaban J connectivity index is 2.70. The molecule has 0 unspecified atom stereocenters. The van der Waals surface area contributed by atoms with Gasteiger partial charge in [0.05, 0.1) is 15.7 Å². The number of hydrogen-bond acceptors (Lipinski definition) is 2. The van der Waals surface area contributed by atoms with Crippen molar-refractivity contribution in [2.75, 3.05) is 0 Å². The molecule has 0 aliphatic heterocycles. The second kappa shape index (κ2) is 5.47. The van der Waals surface area contributed by atoms with Gasteiger partial charge in [0.15, 0.2) is 0 Å². The summed E-state index contributed by atoms with van der Waals surface area (Å²) in [6.07, 6.45) is 0. The van der Waals surface area contributed by atoms with Gasteiger partial charge in [-0.25, -0.2) is 4.98 Å². The normalized spacial score (nSPS) is 11.7. The predicted molar refractivity (Wildman–Crippen MR) is 88.3 cm³/mol. The van der Waals surface area contributed by atoms with Crippen LogP contribution in [-0.4, -0.2) is 9.97 Å². The van der Waals surface area contributed by atoms with E-state index in [1.807, 2.05) is 19.1 Å². The molecule has 20 heavy (non-hydrogen) atoms. The topological polar surface area (TPSA) is 28.7 Å². The van der Waals surface area contributed by atoms with Crippen LogP contribution in [0.1, 0.15) is 32.2 Å². The summed E-state index contributed by atoms with van der Waals surface area (Å²) in [5.41, 5.74) is 2.72. The summed E-state index contributed by atoms with van der Waals surface area (Å²) in [6, 6.07) is 5.55. The first kappa shape index (κ1) is 15.5. The number of H-pyrrole nitrogens is 1. The number of aromatic amines is 1. The Hall–Kier alpha value is -0.900. The Morgan fingerprint density at radius 3 is 2.35 bits per heavy atom. The van der Waals surface area contributed by atoms with E-state index in [-0.39, 0.29) is 5.41 Å². The summed E-state index contributed by atoms with van der Waals surface area (Å²) in [4.78, 5) is 7.85. The second-order valence-electron chi connectivity index (χ2n) is 5.77. The van der Waals surface area contributed by atoms with Crippen molar-refractivity contribution in [1.29, 1.82) is 0 Å². The number of aromatic nitrogens is 2. The van der Waals surface area contributed by atoms with Crippen molar-refractivity contribution in [1.82, 2.24) is 9.97 Å². The average Bonchev–Trinajstić information content (AvgIpc) is 2.34. The van der Waals surface area contributed by atoms with Gasteiger partial charge in [0.2, 0.25) is 0 Å². The molecule has 0 radical (unpaired) electrons. The lowest BCUT2D eigenvalue weighted by atomic mass is 9.95. The van der Waals surface area contributed by atoms with Crippen LogP contribution in [0.4, 0.5) is 0 Å². The van der Waals surface area contributed by atoms with Crippen LogP contribution in [0.2, 0.25) is 10.0 Å². The third kappa shape index (κ3) is 3.05. The van der Waals surface area contributed by atoms with Crippen molar-refractivity contribution in [3.05, 3.63) is 44.3 Å². The van der Waals surface area contributed by atoms with Crippen LogP contribution >= 0.6 is 35.4 Å². The van der Waals surface area contributed by atoms with Crippen LogP contribution in [0.15, 0.2) is 18.2 Å². The highest BCUT2D eigenvalue weighted by Crippen LogP contribution is 2.30. The lowest BCUT2D eigenvalue weighted by molar-refractivity contribution is 0.544. The minimum Gasteiger partial charge on any atom is -0.342 e. The minimum absolute atomic E-state index is 0.105. The Morgan fingerprint density at radius 1 is 1.15 bits per heavy atom. The molecule has 2 nitrogen and oxygen atoms in total. The fourth-order valence-corrected chi connectivity index (χ4v) is 2.32. The average molecular weight is 327 g/mol. The fraction of sp³-hybridized carbons (Fsp3) is 0.333. The lowest BCUT2D eigenvalue weighted by Gasteiger charge is -2.20. The molecule has 5 heteroatoms. The van der Waals surface area contributed by atoms with E-state index in [2.05, 4.69) is 30.7 Å². The van der Waals surface area contributed by atoms with Crippen LogP contribution < -0.4 is 0 Å². The first-order valence-corrected chi connectivity index (χ1v) is 7.43. The maximum Gasteiger partial charge on any atom is 0.133 e. The molecule has 0 spiro atoms. The monoisotopic (exact) mass is 326 g/mol. The molecule has 106 valence electrons. The van der Waals surface area contributed by atoms with Gasteiger partial charge in [0.25, 0.3) is 0 Å². The second-order valence-corrected chi connectivity index (χ2v) is 6.97. The standard InChI is InChI=1S/C15H16Cl2N2S/c1-8-12(9-5-6-10(16)11(17)7-9)18-14(15(2,3)4)19-13(8)20/h5-7H,1-4H3,(H,18,19,20). The van der Waals surface area contributed by atoms with E-state index in [0.29, 0.717) is 14.7 Å². The Morgan fingerprint density at radius 2 is 1.80 bits per heavy atom. The van der Waals surface area contributed by atoms with Crippen LogP contribution in [0.5, 0.6) is 0 Å². The molecular formula is C15H16Cl2N2S. The molecule has 0 aliphatic carbocycles. The van der Waals surface area contributed by atoms with Crippen LogP contribution in [0.25, 0.3) is 11.3 Å². The quantitative estimate of drug-likeness (QED) is 0.679. The third-order valence-corrected chi connectivity index (χ3v) is 4.21. The summed E-state index contributed by atoms with van der Waals surface area (Å²) >= 11 is 17.4. The fourth-order valence-electron chi connectivity index (χ4n) is 1.83. The molecular weight excluding hydrogens is 311 g/mol.